The van der Waals surface area contributed by atoms with Crippen molar-refractivity contribution >= 4 is 11.8 Å². The zero-order valence-electron chi connectivity index (χ0n) is 17.7. The summed E-state index contributed by atoms with van der Waals surface area (Å²) in [6, 6.07) is 9.40. The number of aryl methyl sites for hydroxylation is 1. The Morgan fingerprint density at radius 2 is 1.97 bits per heavy atom. The van der Waals surface area contributed by atoms with Crippen LogP contribution in [0, 0.1) is 12.7 Å². The van der Waals surface area contributed by atoms with Gasteiger partial charge in [0.1, 0.15) is 11.6 Å². The summed E-state index contributed by atoms with van der Waals surface area (Å²) in [5.74, 6) is 1.51. The highest BCUT2D eigenvalue weighted by atomic mass is 19.1. The molecule has 1 aromatic heterocycles. The van der Waals surface area contributed by atoms with Gasteiger partial charge >= 0.3 is 0 Å². The zero-order chi connectivity index (χ0) is 20.8. The standard InChI is InChI=1S/C22H31FN6/c1-16-5-6-19(14-20(16)23)17(2)27-22(24-3)26-15-18-7-8-25-21(13-18)29-11-9-28(4)10-12-29/h5-8,13-14,17H,9-12,15H2,1-4H3,(H2,24,26,27). The fraction of sp³-hybridized carbons (Fsp3) is 0.455. The number of pyridine rings is 1. The quantitative estimate of drug-likeness (QED) is 0.599. The van der Waals surface area contributed by atoms with Gasteiger partial charge in [-0.2, -0.15) is 0 Å². The maximum absolute atomic E-state index is 13.9. The molecule has 0 saturated carbocycles. The third kappa shape index (κ3) is 5.67. The van der Waals surface area contributed by atoms with Crippen molar-refractivity contribution in [3.05, 3.63) is 59.0 Å². The van der Waals surface area contributed by atoms with Gasteiger partial charge in [0.05, 0.1) is 6.04 Å². The lowest BCUT2D eigenvalue weighted by Crippen LogP contribution is -2.44. The van der Waals surface area contributed by atoms with Crippen LogP contribution in [0.15, 0.2) is 41.5 Å². The maximum Gasteiger partial charge on any atom is 0.191 e. The number of piperazine rings is 1. The van der Waals surface area contributed by atoms with Gasteiger partial charge in [0.2, 0.25) is 0 Å². The van der Waals surface area contributed by atoms with Crippen molar-refractivity contribution < 1.29 is 4.39 Å². The van der Waals surface area contributed by atoms with Crippen molar-refractivity contribution in [1.82, 2.24) is 20.5 Å². The first-order valence-corrected chi connectivity index (χ1v) is 10.1. The number of hydrogen-bond donors (Lipinski definition) is 2. The molecule has 1 saturated heterocycles. The van der Waals surface area contributed by atoms with Crippen LogP contribution in [0.25, 0.3) is 0 Å². The van der Waals surface area contributed by atoms with Crippen LogP contribution in [-0.2, 0) is 6.54 Å². The number of benzene rings is 1. The van der Waals surface area contributed by atoms with Crippen LogP contribution >= 0.6 is 0 Å². The average molecular weight is 399 g/mol. The third-order valence-electron chi connectivity index (χ3n) is 5.37. The summed E-state index contributed by atoms with van der Waals surface area (Å²) >= 11 is 0. The van der Waals surface area contributed by atoms with E-state index < -0.39 is 0 Å². The van der Waals surface area contributed by atoms with Crippen LogP contribution in [0.3, 0.4) is 0 Å². The minimum absolute atomic E-state index is 0.0605. The van der Waals surface area contributed by atoms with E-state index in [-0.39, 0.29) is 11.9 Å². The van der Waals surface area contributed by atoms with Gasteiger partial charge in [0.25, 0.3) is 0 Å². The number of rotatable bonds is 5. The molecule has 1 aromatic carbocycles. The van der Waals surface area contributed by atoms with Crippen molar-refractivity contribution in [2.45, 2.75) is 26.4 Å². The first kappa shape index (κ1) is 21.0. The van der Waals surface area contributed by atoms with Gasteiger partial charge in [-0.05, 0) is 55.8 Å². The summed E-state index contributed by atoms with van der Waals surface area (Å²) in [5, 5.41) is 6.66. The number of aliphatic imine (C=N–C) groups is 1. The van der Waals surface area contributed by atoms with Crippen molar-refractivity contribution in [3.8, 4) is 0 Å². The number of halogens is 1. The van der Waals surface area contributed by atoms with Crippen LogP contribution < -0.4 is 15.5 Å². The number of guanidine groups is 1. The molecular formula is C22H31FN6. The number of aromatic nitrogens is 1. The van der Waals surface area contributed by atoms with Crippen LogP contribution in [0.5, 0.6) is 0 Å². The SMILES string of the molecule is CN=C(NCc1ccnc(N2CCN(C)CC2)c1)NC(C)c1ccc(C)c(F)c1. The molecule has 1 aliphatic rings. The lowest BCUT2D eigenvalue weighted by molar-refractivity contribution is 0.312. The van der Waals surface area contributed by atoms with Gasteiger partial charge in [0.15, 0.2) is 5.96 Å². The molecule has 2 heterocycles. The van der Waals surface area contributed by atoms with Crippen LogP contribution in [-0.4, -0.2) is 56.1 Å². The molecule has 2 aromatic rings. The molecule has 0 amide bonds. The van der Waals surface area contributed by atoms with Crippen molar-refractivity contribution in [2.24, 2.45) is 4.99 Å². The Morgan fingerprint density at radius 3 is 2.66 bits per heavy atom. The molecule has 2 N–H and O–H groups in total. The average Bonchev–Trinajstić information content (AvgIpc) is 2.73. The molecular weight excluding hydrogens is 367 g/mol. The Balaban J connectivity index is 1.58. The normalized spacial score (nSPS) is 16.6. The van der Waals surface area contributed by atoms with Crippen LogP contribution in [0.1, 0.15) is 29.7 Å². The number of nitrogens with one attached hydrogen (secondary N) is 2. The molecule has 0 bridgehead atoms. The molecule has 29 heavy (non-hydrogen) atoms. The van der Waals surface area contributed by atoms with E-state index in [1.807, 2.05) is 25.3 Å². The molecule has 3 rings (SSSR count). The highest BCUT2D eigenvalue weighted by Crippen LogP contribution is 2.17. The molecule has 1 aliphatic heterocycles. The lowest BCUT2D eigenvalue weighted by atomic mass is 10.1. The number of anilines is 1. The second kappa shape index (κ2) is 9.69. The van der Waals surface area contributed by atoms with Gasteiger partial charge in [-0.1, -0.05) is 12.1 Å². The Bertz CT molecular complexity index is 845. The van der Waals surface area contributed by atoms with Gasteiger partial charge in [-0.25, -0.2) is 9.37 Å². The molecule has 1 unspecified atom stereocenters. The fourth-order valence-electron chi connectivity index (χ4n) is 3.33. The van der Waals surface area contributed by atoms with E-state index in [0.29, 0.717) is 18.1 Å². The molecule has 1 fully saturated rings. The Kier molecular flexibility index (Phi) is 7.04. The van der Waals surface area contributed by atoms with Gasteiger partial charge in [-0.15, -0.1) is 0 Å². The monoisotopic (exact) mass is 398 g/mol. The zero-order valence-corrected chi connectivity index (χ0v) is 17.7. The second-order valence-electron chi connectivity index (χ2n) is 7.61. The van der Waals surface area contributed by atoms with Gasteiger partial charge in [-0.3, -0.25) is 4.99 Å². The van der Waals surface area contributed by atoms with E-state index in [2.05, 4.69) is 43.5 Å². The fourth-order valence-corrected chi connectivity index (χ4v) is 3.33. The molecule has 7 heteroatoms. The minimum atomic E-state index is -0.188. The predicted molar refractivity (Wildman–Crippen MR) is 117 cm³/mol. The van der Waals surface area contributed by atoms with Crippen molar-refractivity contribution in [1.29, 1.82) is 0 Å². The van der Waals surface area contributed by atoms with Crippen LogP contribution in [0.2, 0.25) is 0 Å². The topological polar surface area (TPSA) is 55.8 Å². The van der Waals surface area contributed by atoms with E-state index in [0.717, 1.165) is 43.1 Å². The molecule has 0 spiro atoms. The Labute approximate surface area is 172 Å². The molecule has 6 nitrogen and oxygen atoms in total. The molecule has 0 radical (unpaired) electrons. The minimum Gasteiger partial charge on any atom is -0.354 e. The number of likely N-dealkylation sites (N-methyl/N-ethyl adjacent to an activating group) is 1. The summed E-state index contributed by atoms with van der Waals surface area (Å²) in [4.78, 5) is 13.5. The Hall–Kier alpha value is -2.67. The number of nitrogens with zero attached hydrogens (tertiary/aromatic N) is 4. The summed E-state index contributed by atoms with van der Waals surface area (Å²) < 4.78 is 13.9. The molecule has 0 aliphatic carbocycles. The molecule has 156 valence electrons. The first-order valence-electron chi connectivity index (χ1n) is 10.1. The summed E-state index contributed by atoms with van der Waals surface area (Å²) in [7, 11) is 3.88. The van der Waals surface area contributed by atoms with E-state index in [1.54, 1.807) is 26.1 Å². The van der Waals surface area contributed by atoms with E-state index in [1.165, 1.54) is 0 Å². The first-order chi connectivity index (χ1) is 14.0. The molecule has 1 atom stereocenters. The highest BCUT2D eigenvalue weighted by Gasteiger charge is 2.15. The predicted octanol–water partition coefficient (Wildman–Crippen LogP) is 2.71. The number of hydrogen-bond acceptors (Lipinski definition) is 4. The van der Waals surface area contributed by atoms with E-state index in [9.17, 15) is 4.39 Å². The van der Waals surface area contributed by atoms with E-state index in [4.69, 9.17) is 0 Å². The third-order valence-corrected chi connectivity index (χ3v) is 5.37. The highest BCUT2D eigenvalue weighted by molar-refractivity contribution is 5.80. The summed E-state index contributed by atoms with van der Waals surface area (Å²) in [6.45, 7) is 8.49. The summed E-state index contributed by atoms with van der Waals surface area (Å²) in [5.41, 5.74) is 2.68. The van der Waals surface area contributed by atoms with Crippen molar-refractivity contribution in [3.63, 3.8) is 0 Å². The van der Waals surface area contributed by atoms with Gasteiger partial charge in [0, 0.05) is 46.0 Å². The summed E-state index contributed by atoms with van der Waals surface area (Å²) in [6.07, 6.45) is 1.86. The van der Waals surface area contributed by atoms with Crippen LogP contribution in [0.4, 0.5) is 10.2 Å². The Morgan fingerprint density at radius 1 is 1.21 bits per heavy atom. The van der Waals surface area contributed by atoms with Gasteiger partial charge < -0.3 is 20.4 Å². The largest absolute Gasteiger partial charge is 0.354 e. The van der Waals surface area contributed by atoms with E-state index >= 15 is 0 Å². The lowest BCUT2D eigenvalue weighted by Gasteiger charge is -2.33. The maximum atomic E-state index is 13.9. The second-order valence-corrected chi connectivity index (χ2v) is 7.61. The smallest absolute Gasteiger partial charge is 0.191 e. The van der Waals surface area contributed by atoms with Crippen molar-refractivity contribution in [2.75, 3.05) is 45.2 Å².